The normalized spacial score (nSPS) is 27.9. The zero-order chi connectivity index (χ0) is 9.97. The lowest BCUT2D eigenvalue weighted by Crippen LogP contribution is -2.61. The first-order valence-corrected chi connectivity index (χ1v) is 5.87. The van der Waals surface area contributed by atoms with Crippen molar-refractivity contribution in [2.24, 2.45) is 5.92 Å². The molecule has 0 radical (unpaired) electrons. The van der Waals surface area contributed by atoms with Crippen molar-refractivity contribution >= 4 is 0 Å². The van der Waals surface area contributed by atoms with Crippen LogP contribution in [0.4, 0.5) is 0 Å². The van der Waals surface area contributed by atoms with Gasteiger partial charge in [0.05, 0.1) is 6.61 Å². The van der Waals surface area contributed by atoms with E-state index in [-0.39, 0.29) is 0 Å². The number of likely N-dealkylation sites (tertiary alicyclic amines) is 2. The predicted molar refractivity (Wildman–Crippen MR) is 57.3 cm³/mol. The second-order valence-corrected chi connectivity index (χ2v) is 4.86. The Kier molecular flexibility index (Phi) is 3.42. The molecule has 2 fully saturated rings. The van der Waals surface area contributed by atoms with Crippen LogP contribution >= 0.6 is 0 Å². The van der Waals surface area contributed by atoms with E-state index in [1.54, 1.807) is 0 Å². The summed E-state index contributed by atoms with van der Waals surface area (Å²) in [5.41, 5.74) is 0. The van der Waals surface area contributed by atoms with Crippen molar-refractivity contribution in [2.75, 3.05) is 39.3 Å². The summed E-state index contributed by atoms with van der Waals surface area (Å²) >= 11 is 0. The van der Waals surface area contributed by atoms with Crippen LogP contribution in [0.2, 0.25) is 0 Å². The maximum Gasteiger partial charge on any atom is 0.0558 e. The van der Waals surface area contributed by atoms with Crippen LogP contribution in [0, 0.1) is 5.92 Å². The number of hydrogen-bond acceptors (Lipinski definition) is 3. The highest BCUT2D eigenvalue weighted by atomic mass is 16.3. The fourth-order valence-electron chi connectivity index (χ4n) is 2.49. The lowest BCUT2D eigenvalue weighted by molar-refractivity contribution is 0.00834. The van der Waals surface area contributed by atoms with Crippen LogP contribution < -0.4 is 0 Å². The summed E-state index contributed by atoms with van der Waals surface area (Å²) in [6, 6.07) is 0.786. The van der Waals surface area contributed by atoms with Gasteiger partial charge in [0.25, 0.3) is 0 Å². The van der Waals surface area contributed by atoms with E-state index in [0.717, 1.165) is 18.5 Å². The number of β-amino-alcohol motifs (C(OH)–C–C–N with tert-alkyl or cyclic N) is 1. The number of hydrogen-bond donors (Lipinski definition) is 1. The van der Waals surface area contributed by atoms with Crippen LogP contribution in [0.1, 0.15) is 19.8 Å². The van der Waals surface area contributed by atoms with E-state index < -0.39 is 0 Å². The van der Waals surface area contributed by atoms with Gasteiger partial charge in [0.1, 0.15) is 0 Å². The highest BCUT2D eigenvalue weighted by Gasteiger charge is 2.32. The van der Waals surface area contributed by atoms with Crippen LogP contribution in [0.3, 0.4) is 0 Å². The molecule has 0 aromatic heterocycles. The molecule has 2 aliphatic rings. The van der Waals surface area contributed by atoms with Gasteiger partial charge in [-0.05, 0) is 31.8 Å². The lowest BCUT2D eigenvalue weighted by Gasteiger charge is -2.47. The zero-order valence-electron chi connectivity index (χ0n) is 9.15. The molecule has 0 spiro atoms. The smallest absolute Gasteiger partial charge is 0.0558 e. The molecule has 2 heterocycles. The Morgan fingerprint density at radius 2 is 1.86 bits per heavy atom. The summed E-state index contributed by atoms with van der Waals surface area (Å²) in [6.45, 7) is 8.46. The van der Waals surface area contributed by atoms with Crippen molar-refractivity contribution in [2.45, 2.75) is 25.8 Å². The summed E-state index contributed by atoms with van der Waals surface area (Å²) in [4.78, 5) is 4.97. The minimum atomic E-state index is 0.309. The van der Waals surface area contributed by atoms with Gasteiger partial charge in [-0.3, -0.25) is 9.80 Å². The number of aliphatic hydroxyl groups excluding tert-OH is 1. The molecule has 0 unspecified atom stereocenters. The predicted octanol–water partition coefficient (Wildman–Crippen LogP) is 0.395. The third-order valence-corrected chi connectivity index (χ3v) is 3.69. The van der Waals surface area contributed by atoms with E-state index in [0.29, 0.717) is 6.61 Å². The van der Waals surface area contributed by atoms with Gasteiger partial charge in [0.15, 0.2) is 0 Å². The van der Waals surface area contributed by atoms with Crippen molar-refractivity contribution in [1.29, 1.82) is 0 Å². The van der Waals surface area contributed by atoms with Crippen LogP contribution in [0.5, 0.6) is 0 Å². The highest BCUT2D eigenvalue weighted by molar-refractivity contribution is 4.89. The maximum atomic E-state index is 8.78. The molecular weight excluding hydrogens is 176 g/mol. The first-order chi connectivity index (χ1) is 6.79. The molecule has 1 N–H and O–H groups in total. The van der Waals surface area contributed by atoms with Gasteiger partial charge in [0.2, 0.25) is 0 Å². The van der Waals surface area contributed by atoms with E-state index >= 15 is 0 Å². The Morgan fingerprint density at radius 3 is 2.43 bits per heavy atom. The van der Waals surface area contributed by atoms with Crippen molar-refractivity contribution in [3.8, 4) is 0 Å². The molecule has 14 heavy (non-hydrogen) atoms. The highest BCUT2D eigenvalue weighted by Crippen LogP contribution is 2.22. The molecule has 3 nitrogen and oxygen atoms in total. The summed E-state index contributed by atoms with van der Waals surface area (Å²) in [5, 5.41) is 8.78. The monoisotopic (exact) mass is 198 g/mol. The number of nitrogens with zero attached hydrogens (tertiary/aromatic N) is 2. The quantitative estimate of drug-likeness (QED) is 0.711. The number of rotatable bonds is 3. The molecule has 0 aromatic rings. The summed E-state index contributed by atoms with van der Waals surface area (Å²) < 4.78 is 0. The van der Waals surface area contributed by atoms with Crippen molar-refractivity contribution < 1.29 is 5.11 Å². The van der Waals surface area contributed by atoms with Gasteiger partial charge in [-0.2, -0.15) is 0 Å². The van der Waals surface area contributed by atoms with Gasteiger partial charge < -0.3 is 5.11 Å². The molecule has 2 rings (SSSR count). The minimum Gasteiger partial charge on any atom is -0.395 e. The Hall–Kier alpha value is -0.120. The molecular formula is C11H22N2O. The van der Waals surface area contributed by atoms with E-state index in [9.17, 15) is 0 Å². The van der Waals surface area contributed by atoms with Gasteiger partial charge in [-0.1, -0.05) is 6.92 Å². The topological polar surface area (TPSA) is 26.7 Å². The average molecular weight is 198 g/mol. The van der Waals surface area contributed by atoms with Crippen LogP contribution in [-0.4, -0.2) is 60.3 Å². The zero-order valence-corrected chi connectivity index (χ0v) is 9.15. The minimum absolute atomic E-state index is 0.309. The third-order valence-electron chi connectivity index (χ3n) is 3.69. The number of piperidine rings is 1. The van der Waals surface area contributed by atoms with Crippen molar-refractivity contribution in [3.63, 3.8) is 0 Å². The molecule has 0 amide bonds. The fraction of sp³-hybridized carbons (Fsp3) is 1.00. The van der Waals surface area contributed by atoms with Gasteiger partial charge >= 0.3 is 0 Å². The van der Waals surface area contributed by atoms with Gasteiger partial charge in [-0.25, -0.2) is 0 Å². The van der Waals surface area contributed by atoms with E-state index in [1.165, 1.54) is 39.0 Å². The second kappa shape index (κ2) is 4.60. The first kappa shape index (κ1) is 10.4. The maximum absolute atomic E-state index is 8.78. The molecule has 0 atom stereocenters. The standard InChI is InChI=1S/C11H22N2O/c1-10-2-4-13(5-3-10)11-8-12(9-11)6-7-14/h10-11,14H,2-9H2,1H3. The molecule has 0 saturated carbocycles. The summed E-state index contributed by atoms with van der Waals surface area (Å²) in [7, 11) is 0. The van der Waals surface area contributed by atoms with E-state index in [2.05, 4.69) is 16.7 Å². The van der Waals surface area contributed by atoms with Crippen LogP contribution in [-0.2, 0) is 0 Å². The average Bonchev–Trinajstić information content (AvgIpc) is 2.13. The molecule has 0 aromatic carbocycles. The third kappa shape index (κ3) is 2.27. The van der Waals surface area contributed by atoms with Crippen LogP contribution in [0.25, 0.3) is 0 Å². The molecule has 0 aliphatic carbocycles. The Bertz CT molecular complexity index is 172. The summed E-state index contributed by atoms with van der Waals surface area (Å²) in [5.74, 6) is 0.930. The number of aliphatic hydroxyl groups is 1. The Morgan fingerprint density at radius 1 is 1.21 bits per heavy atom. The Balaban J connectivity index is 1.67. The SMILES string of the molecule is CC1CCN(C2CN(CCO)C2)CC1. The van der Waals surface area contributed by atoms with Crippen molar-refractivity contribution in [1.82, 2.24) is 9.80 Å². The van der Waals surface area contributed by atoms with Gasteiger partial charge in [0, 0.05) is 25.7 Å². The van der Waals surface area contributed by atoms with E-state index in [1.807, 2.05) is 0 Å². The fourth-order valence-corrected chi connectivity index (χ4v) is 2.49. The first-order valence-electron chi connectivity index (χ1n) is 5.87. The summed E-state index contributed by atoms with van der Waals surface area (Å²) in [6.07, 6.45) is 2.74. The largest absolute Gasteiger partial charge is 0.395 e. The molecule has 0 bridgehead atoms. The molecule has 2 saturated heterocycles. The van der Waals surface area contributed by atoms with Crippen molar-refractivity contribution in [3.05, 3.63) is 0 Å². The van der Waals surface area contributed by atoms with Gasteiger partial charge in [-0.15, -0.1) is 0 Å². The molecule has 3 heteroatoms. The second-order valence-electron chi connectivity index (χ2n) is 4.86. The lowest BCUT2D eigenvalue weighted by atomic mass is 9.96. The Labute approximate surface area is 86.7 Å². The molecule has 2 aliphatic heterocycles. The molecule has 82 valence electrons. The van der Waals surface area contributed by atoms with Crippen LogP contribution in [0.15, 0.2) is 0 Å². The van der Waals surface area contributed by atoms with E-state index in [4.69, 9.17) is 5.11 Å².